The fourth-order valence-electron chi connectivity index (χ4n) is 5.06. The van der Waals surface area contributed by atoms with E-state index in [0.29, 0.717) is 42.8 Å². The monoisotopic (exact) mass is 530 g/mol. The Kier molecular flexibility index (Phi) is 6.92. The van der Waals surface area contributed by atoms with Crippen LogP contribution in [0.15, 0.2) is 29.6 Å². The van der Waals surface area contributed by atoms with Crippen molar-refractivity contribution in [3.05, 3.63) is 35.2 Å². The molecule has 2 amide bonds. The van der Waals surface area contributed by atoms with Crippen molar-refractivity contribution in [2.45, 2.75) is 25.7 Å². The molecule has 38 heavy (non-hydrogen) atoms. The standard InChI is InChI=1S/C26H30N10OS/c27-17-19-5-7-20(8-6-19)21-18-38-25(28-21)32-26(37)36-15-13-35(14-16-36)24-30-22(33-9-1-2-10-33)29-23(31-24)34-11-3-4-12-34/h5-8,18H,1-4,9-16H2,(H,28,32,37). The Morgan fingerprint density at radius 2 is 1.29 bits per heavy atom. The summed E-state index contributed by atoms with van der Waals surface area (Å²) >= 11 is 1.39. The molecule has 2 aromatic heterocycles. The number of nitrogens with one attached hydrogen (secondary N) is 1. The van der Waals surface area contributed by atoms with Crippen LogP contribution in [-0.2, 0) is 0 Å². The van der Waals surface area contributed by atoms with Crippen molar-refractivity contribution in [1.29, 1.82) is 5.26 Å². The summed E-state index contributed by atoms with van der Waals surface area (Å²) < 4.78 is 0. The fourth-order valence-corrected chi connectivity index (χ4v) is 5.77. The van der Waals surface area contributed by atoms with Crippen LogP contribution in [0.25, 0.3) is 11.3 Å². The molecule has 3 aliphatic heterocycles. The zero-order valence-electron chi connectivity index (χ0n) is 21.2. The number of thiazole rings is 1. The lowest BCUT2D eigenvalue weighted by molar-refractivity contribution is 0.208. The van der Waals surface area contributed by atoms with Crippen LogP contribution in [0.2, 0.25) is 0 Å². The first-order valence-electron chi connectivity index (χ1n) is 13.2. The number of nitriles is 1. The molecule has 3 aromatic rings. The van der Waals surface area contributed by atoms with E-state index < -0.39 is 0 Å². The predicted octanol–water partition coefficient (Wildman–Crippen LogP) is 3.42. The SMILES string of the molecule is N#Cc1ccc(-c2csc(NC(=O)N3CCN(c4nc(N5CCCC5)nc(N5CCCC5)n4)CC3)n2)cc1. The molecule has 0 aliphatic carbocycles. The van der Waals surface area contributed by atoms with E-state index in [1.165, 1.54) is 37.0 Å². The van der Waals surface area contributed by atoms with Crippen molar-refractivity contribution in [1.82, 2.24) is 24.8 Å². The van der Waals surface area contributed by atoms with Crippen molar-refractivity contribution in [2.24, 2.45) is 0 Å². The van der Waals surface area contributed by atoms with Crippen LogP contribution in [0.1, 0.15) is 31.2 Å². The lowest BCUT2D eigenvalue weighted by Gasteiger charge is -2.35. The van der Waals surface area contributed by atoms with Crippen LogP contribution in [0.5, 0.6) is 0 Å². The summed E-state index contributed by atoms with van der Waals surface area (Å²) in [6.45, 7) is 6.41. The minimum Gasteiger partial charge on any atom is -0.341 e. The van der Waals surface area contributed by atoms with Crippen LogP contribution < -0.4 is 20.0 Å². The predicted molar refractivity (Wildman–Crippen MR) is 148 cm³/mol. The van der Waals surface area contributed by atoms with E-state index in [2.05, 4.69) is 31.1 Å². The number of benzene rings is 1. The lowest BCUT2D eigenvalue weighted by Crippen LogP contribution is -2.50. The first-order valence-corrected chi connectivity index (χ1v) is 14.1. The largest absolute Gasteiger partial charge is 0.341 e. The van der Waals surface area contributed by atoms with E-state index >= 15 is 0 Å². The second kappa shape index (κ2) is 10.8. The Morgan fingerprint density at radius 3 is 1.82 bits per heavy atom. The van der Waals surface area contributed by atoms with Gasteiger partial charge in [0.05, 0.1) is 17.3 Å². The van der Waals surface area contributed by atoms with Gasteiger partial charge in [-0.05, 0) is 37.8 Å². The highest BCUT2D eigenvalue weighted by Crippen LogP contribution is 2.27. The van der Waals surface area contributed by atoms with Gasteiger partial charge in [0.15, 0.2) is 5.13 Å². The van der Waals surface area contributed by atoms with Crippen LogP contribution in [-0.4, -0.2) is 83.2 Å². The molecule has 196 valence electrons. The van der Waals surface area contributed by atoms with E-state index in [1.54, 1.807) is 12.1 Å². The van der Waals surface area contributed by atoms with Gasteiger partial charge in [0.1, 0.15) is 0 Å². The third-order valence-electron chi connectivity index (χ3n) is 7.26. The maximum atomic E-state index is 13.0. The van der Waals surface area contributed by atoms with Gasteiger partial charge in [-0.3, -0.25) is 5.32 Å². The van der Waals surface area contributed by atoms with Gasteiger partial charge in [-0.25, -0.2) is 9.78 Å². The summed E-state index contributed by atoms with van der Waals surface area (Å²) in [6.07, 6.45) is 4.67. The number of piperazine rings is 1. The molecule has 6 rings (SSSR count). The van der Waals surface area contributed by atoms with Gasteiger partial charge in [-0.1, -0.05) is 12.1 Å². The van der Waals surface area contributed by atoms with Crippen molar-refractivity contribution in [3.8, 4) is 17.3 Å². The molecule has 3 fully saturated rings. The van der Waals surface area contributed by atoms with Crippen LogP contribution in [0.3, 0.4) is 0 Å². The Balaban J connectivity index is 1.09. The normalized spacial score (nSPS) is 17.7. The molecule has 1 N–H and O–H groups in total. The van der Waals surface area contributed by atoms with Gasteiger partial charge in [-0.15, -0.1) is 11.3 Å². The molecule has 0 atom stereocenters. The molecule has 1 aromatic carbocycles. The van der Waals surface area contributed by atoms with Crippen LogP contribution in [0, 0.1) is 11.3 Å². The number of aromatic nitrogens is 4. The fraction of sp³-hybridized carbons (Fsp3) is 0.462. The zero-order valence-corrected chi connectivity index (χ0v) is 22.0. The van der Waals surface area contributed by atoms with E-state index in [9.17, 15) is 4.79 Å². The maximum absolute atomic E-state index is 13.0. The molecule has 0 spiro atoms. The second-order valence-corrected chi connectivity index (χ2v) is 10.6. The number of carbonyl (C=O) groups is 1. The van der Waals surface area contributed by atoms with Gasteiger partial charge in [0.2, 0.25) is 17.8 Å². The molecule has 12 heteroatoms. The van der Waals surface area contributed by atoms with Crippen molar-refractivity contribution in [3.63, 3.8) is 0 Å². The zero-order chi connectivity index (χ0) is 25.9. The molecule has 0 unspecified atom stereocenters. The molecule has 0 bridgehead atoms. The second-order valence-electron chi connectivity index (χ2n) is 9.76. The number of anilines is 4. The van der Waals surface area contributed by atoms with E-state index in [1.807, 2.05) is 22.4 Å². The Morgan fingerprint density at radius 1 is 0.763 bits per heavy atom. The molecule has 3 saturated heterocycles. The van der Waals surface area contributed by atoms with E-state index in [-0.39, 0.29) is 6.03 Å². The van der Waals surface area contributed by atoms with Gasteiger partial charge >= 0.3 is 6.03 Å². The molecule has 3 aliphatic rings. The summed E-state index contributed by atoms with van der Waals surface area (Å²) in [5.41, 5.74) is 2.29. The highest BCUT2D eigenvalue weighted by molar-refractivity contribution is 7.14. The molecule has 0 radical (unpaired) electrons. The number of hydrogen-bond acceptors (Lipinski definition) is 10. The molecule has 5 heterocycles. The first kappa shape index (κ1) is 24.4. The van der Waals surface area contributed by atoms with Gasteiger partial charge in [-0.2, -0.15) is 20.2 Å². The quantitative estimate of drug-likeness (QED) is 0.529. The molecular weight excluding hydrogens is 500 g/mol. The maximum Gasteiger partial charge on any atom is 0.323 e. The summed E-state index contributed by atoms with van der Waals surface area (Å²) in [6, 6.07) is 9.22. The van der Waals surface area contributed by atoms with Gasteiger partial charge in [0.25, 0.3) is 0 Å². The van der Waals surface area contributed by atoms with Crippen molar-refractivity contribution in [2.75, 3.05) is 72.4 Å². The molecular formula is C26H30N10OS. The summed E-state index contributed by atoms with van der Waals surface area (Å²) in [5.74, 6) is 2.25. The van der Waals surface area contributed by atoms with Crippen LogP contribution >= 0.6 is 11.3 Å². The summed E-state index contributed by atoms with van der Waals surface area (Å²) in [5, 5.41) is 14.4. The van der Waals surface area contributed by atoms with Crippen LogP contribution in [0.4, 0.5) is 27.8 Å². The van der Waals surface area contributed by atoms with E-state index in [4.69, 9.17) is 20.2 Å². The third-order valence-corrected chi connectivity index (χ3v) is 8.01. The lowest BCUT2D eigenvalue weighted by atomic mass is 10.1. The number of urea groups is 1. The van der Waals surface area contributed by atoms with E-state index in [0.717, 1.165) is 49.3 Å². The number of carbonyl (C=O) groups excluding carboxylic acids is 1. The van der Waals surface area contributed by atoms with Gasteiger partial charge < -0.3 is 19.6 Å². The molecule has 11 nitrogen and oxygen atoms in total. The third kappa shape index (κ3) is 5.19. The number of nitrogens with zero attached hydrogens (tertiary/aromatic N) is 9. The topological polar surface area (TPSA) is 117 Å². The highest BCUT2D eigenvalue weighted by atomic mass is 32.1. The van der Waals surface area contributed by atoms with Gasteiger partial charge in [0, 0.05) is 63.3 Å². The van der Waals surface area contributed by atoms with Crippen molar-refractivity contribution < 1.29 is 4.79 Å². The Hall–Kier alpha value is -3.98. The average molecular weight is 531 g/mol. The smallest absolute Gasteiger partial charge is 0.323 e. The minimum absolute atomic E-state index is 0.156. The minimum atomic E-state index is -0.156. The highest BCUT2D eigenvalue weighted by Gasteiger charge is 2.27. The number of amides is 2. The summed E-state index contributed by atoms with van der Waals surface area (Å²) in [4.78, 5) is 40.5. The first-order chi connectivity index (χ1) is 18.7. The molecule has 0 saturated carbocycles. The number of hydrogen-bond donors (Lipinski definition) is 1. The average Bonchev–Trinajstić information content (AvgIpc) is 3.76. The Bertz CT molecular complexity index is 1280. The number of rotatable bonds is 5. The summed E-state index contributed by atoms with van der Waals surface area (Å²) in [7, 11) is 0. The Labute approximate surface area is 225 Å². The van der Waals surface area contributed by atoms with Crippen molar-refractivity contribution >= 4 is 40.3 Å².